The van der Waals surface area contributed by atoms with Gasteiger partial charge in [-0.3, -0.25) is 0 Å². The molecule has 2 aliphatic rings. The van der Waals surface area contributed by atoms with Gasteiger partial charge in [0.25, 0.3) is 0 Å². The standard InChI is InChI=1S/C21H30/c1-16(11-13-19-10-6-8-17(19)2)12-14-20-18(3)9-7-15-21(20,4)5/h8,11-14H,6-7,9-10,15H2,1-5H3/b14-12+,16-11-,19-13+. The van der Waals surface area contributed by atoms with Crippen molar-refractivity contribution >= 4 is 0 Å². The Kier molecular flexibility index (Phi) is 5.08. The average molecular weight is 282 g/mol. The Balaban J connectivity index is 2.11. The molecule has 2 rings (SSSR count). The summed E-state index contributed by atoms with van der Waals surface area (Å²) in [4.78, 5) is 0. The molecule has 2 aliphatic carbocycles. The van der Waals surface area contributed by atoms with Crippen molar-refractivity contribution in [1.82, 2.24) is 0 Å². The van der Waals surface area contributed by atoms with E-state index in [-0.39, 0.29) is 0 Å². The van der Waals surface area contributed by atoms with Crippen LogP contribution in [0, 0.1) is 5.41 Å². The van der Waals surface area contributed by atoms with Crippen LogP contribution >= 0.6 is 0 Å². The number of hydrogen-bond donors (Lipinski definition) is 0. The van der Waals surface area contributed by atoms with Gasteiger partial charge in [0.1, 0.15) is 0 Å². The molecule has 0 aromatic carbocycles. The van der Waals surface area contributed by atoms with Crippen LogP contribution in [0.2, 0.25) is 0 Å². The SMILES string of the molecule is CC1=CCC\C1=C/C=C(C)\C=C\C1=C(C)CCCC1(C)C. The molecule has 21 heavy (non-hydrogen) atoms. The second kappa shape index (κ2) is 6.64. The molecule has 0 heteroatoms. The highest BCUT2D eigenvalue weighted by atomic mass is 14.3. The Morgan fingerprint density at radius 3 is 2.57 bits per heavy atom. The van der Waals surface area contributed by atoms with Crippen LogP contribution < -0.4 is 0 Å². The molecule has 0 bridgehead atoms. The minimum Gasteiger partial charge on any atom is -0.0810 e. The van der Waals surface area contributed by atoms with E-state index in [4.69, 9.17) is 0 Å². The predicted octanol–water partition coefficient (Wildman–Crippen LogP) is 6.68. The molecule has 0 nitrogen and oxygen atoms in total. The molecule has 0 spiro atoms. The first-order valence-electron chi connectivity index (χ1n) is 8.33. The van der Waals surface area contributed by atoms with Crippen molar-refractivity contribution in [3.05, 3.63) is 58.2 Å². The van der Waals surface area contributed by atoms with Crippen molar-refractivity contribution in [3.8, 4) is 0 Å². The van der Waals surface area contributed by atoms with Crippen molar-refractivity contribution in [2.45, 2.75) is 66.7 Å². The minimum atomic E-state index is 0.336. The first kappa shape index (κ1) is 16.1. The zero-order valence-corrected chi connectivity index (χ0v) is 14.4. The van der Waals surface area contributed by atoms with E-state index in [2.05, 4.69) is 65.0 Å². The van der Waals surface area contributed by atoms with Gasteiger partial charge in [0, 0.05) is 0 Å². The van der Waals surface area contributed by atoms with Crippen LogP contribution in [0.5, 0.6) is 0 Å². The van der Waals surface area contributed by atoms with E-state index in [0.717, 1.165) is 0 Å². The minimum absolute atomic E-state index is 0.336. The number of allylic oxidation sites excluding steroid dienone is 10. The van der Waals surface area contributed by atoms with Crippen molar-refractivity contribution in [2.24, 2.45) is 5.41 Å². The van der Waals surface area contributed by atoms with Crippen molar-refractivity contribution < 1.29 is 0 Å². The lowest BCUT2D eigenvalue weighted by atomic mass is 9.72. The molecule has 0 saturated heterocycles. The van der Waals surface area contributed by atoms with Crippen LogP contribution in [0.25, 0.3) is 0 Å². The highest BCUT2D eigenvalue weighted by molar-refractivity contribution is 5.40. The molecule has 0 heterocycles. The Morgan fingerprint density at radius 1 is 1.19 bits per heavy atom. The van der Waals surface area contributed by atoms with E-state index >= 15 is 0 Å². The second-order valence-electron chi connectivity index (χ2n) is 7.29. The van der Waals surface area contributed by atoms with E-state index < -0.39 is 0 Å². The maximum absolute atomic E-state index is 2.38. The fraction of sp³-hybridized carbons (Fsp3) is 0.524. The summed E-state index contributed by atoms with van der Waals surface area (Å²) in [5.41, 5.74) is 7.74. The van der Waals surface area contributed by atoms with E-state index in [1.807, 2.05) is 0 Å². The van der Waals surface area contributed by atoms with Gasteiger partial charge in [-0.1, -0.05) is 60.9 Å². The van der Waals surface area contributed by atoms with E-state index in [0.29, 0.717) is 5.41 Å². The lowest BCUT2D eigenvalue weighted by molar-refractivity contribution is 0.377. The zero-order chi connectivity index (χ0) is 15.5. The maximum Gasteiger partial charge on any atom is -0.0104 e. The topological polar surface area (TPSA) is 0 Å². The van der Waals surface area contributed by atoms with Gasteiger partial charge in [-0.15, -0.1) is 0 Å². The number of hydrogen-bond acceptors (Lipinski definition) is 0. The van der Waals surface area contributed by atoms with Crippen molar-refractivity contribution in [3.63, 3.8) is 0 Å². The molecule has 0 aromatic heterocycles. The summed E-state index contributed by atoms with van der Waals surface area (Å²) in [5, 5.41) is 0. The first-order chi connectivity index (χ1) is 9.90. The second-order valence-corrected chi connectivity index (χ2v) is 7.29. The Labute approximate surface area is 131 Å². The molecule has 0 N–H and O–H groups in total. The van der Waals surface area contributed by atoms with Crippen LogP contribution in [0.15, 0.2) is 58.2 Å². The van der Waals surface area contributed by atoms with E-state index in [1.54, 1.807) is 11.1 Å². The van der Waals surface area contributed by atoms with Crippen LogP contribution in [-0.4, -0.2) is 0 Å². The lowest BCUT2D eigenvalue weighted by Crippen LogP contribution is -2.19. The monoisotopic (exact) mass is 282 g/mol. The summed E-state index contributed by atoms with van der Waals surface area (Å²) in [5.74, 6) is 0. The van der Waals surface area contributed by atoms with E-state index in [1.165, 1.54) is 48.8 Å². The quantitative estimate of drug-likeness (QED) is 0.506. The molecule has 0 saturated carbocycles. The molecule has 0 aliphatic heterocycles. The third kappa shape index (κ3) is 4.09. The maximum atomic E-state index is 2.38. The van der Waals surface area contributed by atoms with Gasteiger partial charge in [0.15, 0.2) is 0 Å². The van der Waals surface area contributed by atoms with Gasteiger partial charge in [0.05, 0.1) is 0 Å². The molecule has 0 unspecified atom stereocenters. The highest BCUT2D eigenvalue weighted by Crippen LogP contribution is 2.40. The predicted molar refractivity (Wildman–Crippen MR) is 94.3 cm³/mol. The number of rotatable bonds is 3. The van der Waals surface area contributed by atoms with Gasteiger partial charge in [-0.05, 0) is 69.4 Å². The molecular formula is C21H30. The molecule has 0 fully saturated rings. The smallest absolute Gasteiger partial charge is 0.0104 e. The van der Waals surface area contributed by atoms with Gasteiger partial charge in [-0.2, -0.15) is 0 Å². The third-order valence-corrected chi connectivity index (χ3v) is 4.97. The van der Waals surface area contributed by atoms with Crippen LogP contribution in [0.3, 0.4) is 0 Å². The van der Waals surface area contributed by atoms with Crippen molar-refractivity contribution in [2.75, 3.05) is 0 Å². The third-order valence-electron chi connectivity index (χ3n) is 4.97. The van der Waals surface area contributed by atoms with Crippen LogP contribution in [0.4, 0.5) is 0 Å². The molecule has 0 amide bonds. The van der Waals surface area contributed by atoms with Crippen LogP contribution in [-0.2, 0) is 0 Å². The largest absolute Gasteiger partial charge is 0.0810 e. The summed E-state index contributed by atoms with van der Waals surface area (Å²) < 4.78 is 0. The molecule has 0 radical (unpaired) electrons. The fourth-order valence-electron chi connectivity index (χ4n) is 3.50. The van der Waals surface area contributed by atoms with E-state index in [9.17, 15) is 0 Å². The van der Waals surface area contributed by atoms with Crippen LogP contribution in [0.1, 0.15) is 66.7 Å². The average Bonchev–Trinajstić information content (AvgIpc) is 2.80. The first-order valence-corrected chi connectivity index (χ1v) is 8.33. The molecule has 0 aromatic rings. The van der Waals surface area contributed by atoms with Gasteiger partial charge < -0.3 is 0 Å². The van der Waals surface area contributed by atoms with Gasteiger partial charge >= 0.3 is 0 Å². The zero-order valence-electron chi connectivity index (χ0n) is 14.4. The van der Waals surface area contributed by atoms with Gasteiger partial charge in [0.2, 0.25) is 0 Å². The normalized spacial score (nSPS) is 25.1. The summed E-state index contributed by atoms with van der Waals surface area (Å²) in [7, 11) is 0. The fourth-order valence-corrected chi connectivity index (χ4v) is 3.50. The summed E-state index contributed by atoms with van der Waals surface area (Å²) >= 11 is 0. The Hall–Kier alpha value is -1.30. The summed E-state index contributed by atoms with van der Waals surface area (Å²) in [6.07, 6.45) is 17.9. The molecular weight excluding hydrogens is 252 g/mol. The lowest BCUT2D eigenvalue weighted by Gasteiger charge is -2.32. The van der Waals surface area contributed by atoms with Crippen molar-refractivity contribution in [1.29, 1.82) is 0 Å². The Morgan fingerprint density at radius 2 is 1.95 bits per heavy atom. The Bertz CT molecular complexity index is 545. The highest BCUT2D eigenvalue weighted by Gasteiger charge is 2.26. The summed E-state index contributed by atoms with van der Waals surface area (Å²) in [6.45, 7) is 11.5. The van der Waals surface area contributed by atoms with Gasteiger partial charge in [-0.25, -0.2) is 0 Å². The summed E-state index contributed by atoms with van der Waals surface area (Å²) in [6, 6.07) is 0. The molecule has 114 valence electrons. The molecule has 0 atom stereocenters.